The van der Waals surface area contributed by atoms with Crippen molar-refractivity contribution >= 4 is 23.5 Å². The predicted molar refractivity (Wildman–Crippen MR) is 38.3 cm³/mol. The Morgan fingerprint density at radius 3 is 2.62 bits per heavy atom. The number of hydrogen-bond acceptors (Lipinski definition) is 1. The lowest BCUT2D eigenvalue weighted by atomic mass is 10.4. The van der Waals surface area contributed by atoms with E-state index < -0.39 is 0 Å². The minimum Gasteiger partial charge on any atom is -0.343 e. The number of nitrogens with zero attached hydrogens (tertiary/aromatic N) is 2. The molecule has 3 heteroatoms. The molecule has 2 nitrogen and oxygen atoms in total. The van der Waals surface area contributed by atoms with Gasteiger partial charge in [-0.3, -0.25) is 0 Å². The van der Waals surface area contributed by atoms with E-state index in [0.29, 0.717) is 11.2 Å². The normalized spacial score (nSPS) is 27.5. The van der Waals surface area contributed by atoms with E-state index in [4.69, 9.17) is 12.2 Å². The van der Waals surface area contributed by atoms with Gasteiger partial charge in [0.25, 0.3) is 0 Å². The maximum absolute atomic E-state index is 4.85. The Bertz CT molecular complexity index is 141. The molecule has 0 N–H and O–H groups in total. The van der Waals surface area contributed by atoms with Crippen LogP contribution in [0, 0.1) is 0 Å². The molecule has 1 unspecified atom stereocenters. The highest BCUT2D eigenvalue weighted by Gasteiger charge is 2.14. The fraction of sp³-hybridized carbons (Fsp3) is 0.600. The van der Waals surface area contributed by atoms with Gasteiger partial charge in [0.2, 0.25) is 0 Å². The van der Waals surface area contributed by atoms with Crippen molar-refractivity contribution in [2.75, 3.05) is 7.05 Å². The second-order valence-corrected chi connectivity index (χ2v) is 2.28. The van der Waals surface area contributed by atoms with Crippen LogP contribution >= 0.6 is 12.2 Å². The monoisotopic (exact) mass is 128 g/mol. The van der Waals surface area contributed by atoms with Gasteiger partial charge in [-0.15, -0.1) is 0 Å². The van der Waals surface area contributed by atoms with Crippen LogP contribution < -0.4 is 0 Å². The number of thiocarbonyl (C=S) groups is 1. The summed E-state index contributed by atoms with van der Waals surface area (Å²) < 4.78 is 0. The molecule has 0 bridgehead atoms. The van der Waals surface area contributed by atoms with Gasteiger partial charge in [-0.2, -0.15) is 0 Å². The van der Waals surface area contributed by atoms with Crippen LogP contribution in [0.2, 0.25) is 0 Å². The fourth-order valence-corrected chi connectivity index (χ4v) is 0.764. The van der Waals surface area contributed by atoms with Crippen molar-refractivity contribution in [2.24, 2.45) is 4.99 Å². The van der Waals surface area contributed by atoms with Crippen LogP contribution in [-0.2, 0) is 0 Å². The fourth-order valence-electron chi connectivity index (χ4n) is 0.537. The maximum Gasteiger partial charge on any atom is 0.195 e. The molecule has 0 saturated heterocycles. The van der Waals surface area contributed by atoms with E-state index in [1.165, 1.54) is 0 Å². The molecule has 0 radical (unpaired) electrons. The van der Waals surface area contributed by atoms with Crippen molar-refractivity contribution < 1.29 is 0 Å². The molecule has 1 aliphatic rings. The Kier molecular flexibility index (Phi) is 1.29. The van der Waals surface area contributed by atoms with Gasteiger partial charge >= 0.3 is 0 Å². The minimum atomic E-state index is 0.391. The van der Waals surface area contributed by atoms with Crippen LogP contribution in [0.3, 0.4) is 0 Å². The maximum atomic E-state index is 4.85. The van der Waals surface area contributed by atoms with E-state index in [2.05, 4.69) is 11.9 Å². The molecule has 1 aliphatic heterocycles. The van der Waals surface area contributed by atoms with E-state index in [1.807, 2.05) is 18.2 Å². The zero-order chi connectivity index (χ0) is 6.15. The van der Waals surface area contributed by atoms with E-state index in [0.717, 1.165) is 0 Å². The molecule has 0 aromatic carbocycles. The summed E-state index contributed by atoms with van der Waals surface area (Å²) in [5.41, 5.74) is 0. The number of rotatable bonds is 0. The second-order valence-electron chi connectivity index (χ2n) is 1.91. The minimum absolute atomic E-state index is 0.391. The summed E-state index contributed by atoms with van der Waals surface area (Å²) in [4.78, 5) is 5.88. The summed E-state index contributed by atoms with van der Waals surface area (Å²) in [6.07, 6.45) is 1.85. The van der Waals surface area contributed by atoms with Gasteiger partial charge in [0.1, 0.15) is 0 Å². The van der Waals surface area contributed by atoms with Crippen molar-refractivity contribution in [1.82, 2.24) is 4.90 Å². The largest absolute Gasteiger partial charge is 0.343 e. The van der Waals surface area contributed by atoms with Crippen LogP contribution in [0.4, 0.5) is 0 Å². The van der Waals surface area contributed by atoms with Gasteiger partial charge < -0.3 is 4.90 Å². The van der Waals surface area contributed by atoms with E-state index in [9.17, 15) is 0 Å². The van der Waals surface area contributed by atoms with E-state index >= 15 is 0 Å². The lowest BCUT2D eigenvalue weighted by Gasteiger charge is -2.13. The molecular formula is C5H8N2S. The molecule has 0 fully saturated rings. The lowest BCUT2D eigenvalue weighted by molar-refractivity contribution is 0.500. The average molecular weight is 128 g/mol. The van der Waals surface area contributed by atoms with Gasteiger partial charge in [0.05, 0.1) is 6.04 Å². The Labute approximate surface area is 54.2 Å². The third kappa shape index (κ3) is 0.733. The molecule has 0 aromatic heterocycles. The van der Waals surface area contributed by atoms with Crippen molar-refractivity contribution in [3.05, 3.63) is 0 Å². The highest BCUT2D eigenvalue weighted by Crippen LogP contribution is 2.02. The van der Waals surface area contributed by atoms with E-state index in [1.54, 1.807) is 0 Å². The number of aliphatic imine (C=N–C) groups is 1. The molecule has 0 aliphatic carbocycles. The van der Waals surface area contributed by atoms with Gasteiger partial charge in [-0.05, 0) is 19.1 Å². The SMILES string of the molecule is CC1C=NC(=S)N1C. The molecule has 44 valence electrons. The Morgan fingerprint density at radius 2 is 2.50 bits per heavy atom. The molecule has 8 heavy (non-hydrogen) atoms. The van der Waals surface area contributed by atoms with Crippen LogP contribution in [0.1, 0.15) is 6.92 Å². The molecule has 1 heterocycles. The molecule has 0 saturated carbocycles. The van der Waals surface area contributed by atoms with Crippen molar-refractivity contribution in [3.63, 3.8) is 0 Å². The third-order valence-corrected chi connectivity index (χ3v) is 1.71. The molecule has 0 aromatic rings. The Morgan fingerprint density at radius 1 is 1.88 bits per heavy atom. The highest BCUT2D eigenvalue weighted by atomic mass is 32.1. The summed E-state index contributed by atoms with van der Waals surface area (Å²) >= 11 is 4.85. The summed E-state index contributed by atoms with van der Waals surface area (Å²) in [7, 11) is 1.94. The van der Waals surface area contributed by atoms with Crippen molar-refractivity contribution in [2.45, 2.75) is 13.0 Å². The van der Waals surface area contributed by atoms with Crippen molar-refractivity contribution in [1.29, 1.82) is 0 Å². The smallest absolute Gasteiger partial charge is 0.195 e. The first-order valence-corrected chi connectivity index (χ1v) is 2.93. The highest BCUT2D eigenvalue weighted by molar-refractivity contribution is 7.80. The van der Waals surface area contributed by atoms with Gasteiger partial charge in [0, 0.05) is 13.3 Å². The Hall–Kier alpha value is -0.440. The third-order valence-electron chi connectivity index (χ3n) is 1.31. The number of hydrogen-bond donors (Lipinski definition) is 0. The first-order valence-electron chi connectivity index (χ1n) is 2.53. The van der Waals surface area contributed by atoms with Gasteiger partial charge in [-0.1, -0.05) is 0 Å². The molecule has 0 amide bonds. The van der Waals surface area contributed by atoms with Crippen molar-refractivity contribution in [3.8, 4) is 0 Å². The lowest BCUT2D eigenvalue weighted by Crippen LogP contribution is -2.27. The Balaban J connectivity index is 2.69. The summed E-state index contributed by atoms with van der Waals surface area (Å²) in [6, 6.07) is 0.391. The molecule has 1 atom stereocenters. The zero-order valence-corrected chi connectivity index (χ0v) is 5.77. The zero-order valence-electron chi connectivity index (χ0n) is 4.96. The van der Waals surface area contributed by atoms with E-state index in [-0.39, 0.29) is 0 Å². The summed E-state index contributed by atoms with van der Waals surface area (Å²) in [5, 5.41) is 0.692. The molecule has 0 spiro atoms. The molecular weight excluding hydrogens is 120 g/mol. The first-order chi connectivity index (χ1) is 3.72. The second kappa shape index (κ2) is 1.82. The topological polar surface area (TPSA) is 15.6 Å². The molecule has 1 rings (SSSR count). The van der Waals surface area contributed by atoms with Crippen LogP contribution in [0.15, 0.2) is 4.99 Å². The summed E-state index contributed by atoms with van der Waals surface area (Å²) in [6.45, 7) is 2.06. The quantitative estimate of drug-likeness (QED) is 0.446. The predicted octanol–water partition coefficient (Wildman–Crippen LogP) is 0.676. The summed E-state index contributed by atoms with van der Waals surface area (Å²) in [5.74, 6) is 0. The van der Waals surface area contributed by atoms with Crippen LogP contribution in [-0.4, -0.2) is 29.3 Å². The van der Waals surface area contributed by atoms with Crippen LogP contribution in [0.25, 0.3) is 0 Å². The standard InChI is InChI=1S/C5H8N2S/c1-4-3-6-5(8)7(4)2/h3-4H,1-2H3. The van der Waals surface area contributed by atoms with Gasteiger partial charge in [0.15, 0.2) is 5.11 Å². The van der Waals surface area contributed by atoms with Crippen LogP contribution in [0.5, 0.6) is 0 Å². The van der Waals surface area contributed by atoms with Gasteiger partial charge in [-0.25, -0.2) is 4.99 Å². The average Bonchev–Trinajstić information content (AvgIpc) is 1.98. The first kappa shape index (κ1) is 5.69.